The Morgan fingerprint density at radius 1 is 1.43 bits per heavy atom. The summed E-state index contributed by atoms with van der Waals surface area (Å²) >= 11 is 0. The highest BCUT2D eigenvalue weighted by Gasteiger charge is 2.13. The first-order valence-electron chi connectivity index (χ1n) is 4.04. The molecule has 0 bridgehead atoms. The molecule has 0 rings (SSSR count). The summed E-state index contributed by atoms with van der Waals surface area (Å²) in [5.74, 6) is -0.472. The molecular formula is C7H15N3O4. The van der Waals surface area contributed by atoms with E-state index in [1.807, 2.05) is 0 Å². The molecule has 14 heavy (non-hydrogen) atoms. The van der Waals surface area contributed by atoms with Gasteiger partial charge in [-0.3, -0.25) is 9.63 Å². The summed E-state index contributed by atoms with van der Waals surface area (Å²) in [6.45, 7) is 2.10. The third-order valence-corrected chi connectivity index (χ3v) is 1.31. The van der Waals surface area contributed by atoms with Gasteiger partial charge in [0.1, 0.15) is 6.04 Å². The standard InChI is InChI=1S/C7H15N3O4/c1-5(9-7(8)12)6(11)10-14-4-3-13-2/h5H,3-4H2,1-2H3,(H,10,11)(H3,8,9,12). The highest BCUT2D eigenvalue weighted by molar-refractivity contribution is 5.85. The number of nitrogens with two attached hydrogens (primary N) is 1. The van der Waals surface area contributed by atoms with Crippen molar-refractivity contribution in [1.29, 1.82) is 0 Å². The largest absolute Gasteiger partial charge is 0.382 e. The van der Waals surface area contributed by atoms with Gasteiger partial charge >= 0.3 is 6.03 Å². The Bertz CT molecular complexity index is 197. The molecular weight excluding hydrogens is 190 g/mol. The maximum absolute atomic E-state index is 11.1. The van der Waals surface area contributed by atoms with Crippen molar-refractivity contribution >= 4 is 11.9 Å². The molecule has 7 heteroatoms. The van der Waals surface area contributed by atoms with Crippen LogP contribution in [0.1, 0.15) is 6.92 Å². The Labute approximate surface area is 81.9 Å². The van der Waals surface area contributed by atoms with Crippen molar-refractivity contribution in [3.63, 3.8) is 0 Å². The summed E-state index contributed by atoms with van der Waals surface area (Å²) in [6.07, 6.45) is 0. The number of hydrogen-bond acceptors (Lipinski definition) is 4. The normalized spacial score (nSPS) is 11.9. The molecule has 0 saturated carbocycles. The fourth-order valence-corrected chi connectivity index (χ4v) is 0.614. The maximum atomic E-state index is 11.1. The fourth-order valence-electron chi connectivity index (χ4n) is 0.614. The Kier molecular flexibility index (Phi) is 6.42. The van der Waals surface area contributed by atoms with Gasteiger partial charge in [-0.1, -0.05) is 0 Å². The first-order valence-corrected chi connectivity index (χ1v) is 4.04. The van der Waals surface area contributed by atoms with Crippen LogP contribution in [0.4, 0.5) is 4.79 Å². The van der Waals surface area contributed by atoms with E-state index in [1.54, 1.807) is 0 Å². The zero-order chi connectivity index (χ0) is 11.0. The Morgan fingerprint density at radius 3 is 2.57 bits per heavy atom. The lowest BCUT2D eigenvalue weighted by atomic mass is 10.3. The van der Waals surface area contributed by atoms with E-state index in [2.05, 4.69) is 15.5 Å². The lowest BCUT2D eigenvalue weighted by molar-refractivity contribution is -0.136. The second-order valence-electron chi connectivity index (χ2n) is 2.54. The van der Waals surface area contributed by atoms with Crippen LogP contribution in [0.2, 0.25) is 0 Å². The van der Waals surface area contributed by atoms with Gasteiger partial charge in [0, 0.05) is 7.11 Å². The van der Waals surface area contributed by atoms with Crippen molar-refractivity contribution in [2.45, 2.75) is 13.0 Å². The van der Waals surface area contributed by atoms with E-state index in [0.29, 0.717) is 6.61 Å². The van der Waals surface area contributed by atoms with Gasteiger partial charge in [-0.15, -0.1) is 0 Å². The van der Waals surface area contributed by atoms with E-state index < -0.39 is 18.0 Å². The summed E-state index contributed by atoms with van der Waals surface area (Å²) in [5, 5.41) is 2.20. The topological polar surface area (TPSA) is 103 Å². The zero-order valence-electron chi connectivity index (χ0n) is 8.20. The van der Waals surface area contributed by atoms with Crippen LogP contribution in [-0.2, 0) is 14.4 Å². The fraction of sp³-hybridized carbons (Fsp3) is 0.714. The number of ether oxygens (including phenoxy) is 1. The molecule has 1 unspecified atom stereocenters. The summed E-state index contributed by atoms with van der Waals surface area (Å²) in [7, 11) is 1.52. The quantitative estimate of drug-likeness (QED) is 0.372. The van der Waals surface area contributed by atoms with E-state index in [1.165, 1.54) is 14.0 Å². The van der Waals surface area contributed by atoms with Crippen molar-refractivity contribution in [1.82, 2.24) is 10.8 Å². The van der Waals surface area contributed by atoms with Crippen LogP contribution in [0.15, 0.2) is 0 Å². The van der Waals surface area contributed by atoms with Crippen molar-refractivity contribution in [3.05, 3.63) is 0 Å². The smallest absolute Gasteiger partial charge is 0.312 e. The lowest BCUT2D eigenvalue weighted by Gasteiger charge is -2.11. The number of primary amides is 1. The number of hydroxylamine groups is 1. The van der Waals surface area contributed by atoms with Crippen LogP contribution in [0.25, 0.3) is 0 Å². The van der Waals surface area contributed by atoms with Crippen LogP contribution in [-0.4, -0.2) is 38.3 Å². The van der Waals surface area contributed by atoms with E-state index in [4.69, 9.17) is 10.6 Å². The van der Waals surface area contributed by atoms with Crippen molar-refractivity contribution < 1.29 is 19.2 Å². The van der Waals surface area contributed by atoms with Crippen LogP contribution in [0.5, 0.6) is 0 Å². The molecule has 0 aliphatic rings. The van der Waals surface area contributed by atoms with Gasteiger partial charge in [0.2, 0.25) is 0 Å². The predicted octanol–water partition coefficient (Wildman–Crippen LogP) is -1.26. The molecule has 0 heterocycles. The zero-order valence-corrected chi connectivity index (χ0v) is 8.20. The van der Waals surface area contributed by atoms with E-state index in [0.717, 1.165) is 0 Å². The first-order chi connectivity index (χ1) is 6.57. The first kappa shape index (κ1) is 12.7. The van der Waals surface area contributed by atoms with Crippen molar-refractivity contribution in [2.75, 3.05) is 20.3 Å². The molecule has 4 N–H and O–H groups in total. The molecule has 0 spiro atoms. The summed E-state index contributed by atoms with van der Waals surface area (Å²) in [4.78, 5) is 26.2. The maximum Gasteiger partial charge on any atom is 0.312 e. The number of rotatable bonds is 6. The minimum absolute atomic E-state index is 0.242. The van der Waals surface area contributed by atoms with Gasteiger partial charge in [-0.25, -0.2) is 10.3 Å². The van der Waals surface area contributed by atoms with Gasteiger partial charge < -0.3 is 15.8 Å². The number of carbonyl (C=O) groups is 2. The Morgan fingerprint density at radius 2 is 2.07 bits per heavy atom. The number of methoxy groups -OCH3 is 1. The summed E-state index contributed by atoms with van der Waals surface area (Å²) in [5.41, 5.74) is 6.95. The monoisotopic (exact) mass is 205 g/mol. The molecule has 0 aromatic carbocycles. The van der Waals surface area contributed by atoms with E-state index in [-0.39, 0.29) is 6.61 Å². The molecule has 1 atom stereocenters. The molecule has 0 radical (unpaired) electrons. The second-order valence-corrected chi connectivity index (χ2v) is 2.54. The average Bonchev–Trinajstić information content (AvgIpc) is 2.11. The number of urea groups is 1. The molecule has 82 valence electrons. The molecule has 3 amide bonds. The van der Waals surface area contributed by atoms with Gasteiger partial charge in [0.25, 0.3) is 5.91 Å². The molecule has 7 nitrogen and oxygen atoms in total. The SMILES string of the molecule is COCCONC(=O)C(C)NC(N)=O. The van der Waals surface area contributed by atoms with Gasteiger partial charge in [0.15, 0.2) is 0 Å². The van der Waals surface area contributed by atoms with Gasteiger partial charge in [-0.05, 0) is 6.92 Å². The summed E-state index contributed by atoms with van der Waals surface area (Å²) in [6, 6.07) is -1.49. The third kappa shape index (κ3) is 6.21. The number of carbonyl (C=O) groups excluding carboxylic acids is 2. The molecule has 0 aromatic rings. The lowest BCUT2D eigenvalue weighted by Crippen LogP contribution is -2.46. The van der Waals surface area contributed by atoms with E-state index in [9.17, 15) is 9.59 Å². The van der Waals surface area contributed by atoms with Crippen LogP contribution >= 0.6 is 0 Å². The average molecular weight is 205 g/mol. The number of hydrogen-bond donors (Lipinski definition) is 3. The predicted molar refractivity (Wildman–Crippen MR) is 48.2 cm³/mol. The molecule has 0 aromatic heterocycles. The van der Waals surface area contributed by atoms with Gasteiger partial charge in [-0.2, -0.15) is 0 Å². The van der Waals surface area contributed by atoms with E-state index >= 15 is 0 Å². The number of nitrogens with one attached hydrogen (secondary N) is 2. The summed E-state index contributed by atoms with van der Waals surface area (Å²) < 4.78 is 4.68. The molecule has 0 aliphatic carbocycles. The number of amides is 3. The van der Waals surface area contributed by atoms with Crippen LogP contribution in [0, 0.1) is 0 Å². The van der Waals surface area contributed by atoms with Crippen LogP contribution < -0.4 is 16.5 Å². The molecule has 0 saturated heterocycles. The molecule has 0 fully saturated rings. The van der Waals surface area contributed by atoms with Crippen molar-refractivity contribution in [2.24, 2.45) is 5.73 Å². The van der Waals surface area contributed by atoms with Crippen LogP contribution in [0.3, 0.4) is 0 Å². The highest BCUT2D eigenvalue weighted by atomic mass is 16.7. The minimum atomic E-state index is -0.760. The third-order valence-electron chi connectivity index (χ3n) is 1.31. The minimum Gasteiger partial charge on any atom is -0.382 e. The van der Waals surface area contributed by atoms with Gasteiger partial charge in [0.05, 0.1) is 13.2 Å². The highest BCUT2D eigenvalue weighted by Crippen LogP contribution is 1.81. The molecule has 0 aliphatic heterocycles. The second kappa shape index (κ2) is 7.10. The Balaban J connectivity index is 3.57. The Hall–Kier alpha value is -1.34. The van der Waals surface area contributed by atoms with Crippen molar-refractivity contribution in [3.8, 4) is 0 Å².